The van der Waals surface area contributed by atoms with Crippen LogP contribution in [0.25, 0.3) is 0 Å². The Balaban J connectivity index is 1.91. The average molecular weight is 282 g/mol. The summed E-state index contributed by atoms with van der Waals surface area (Å²) in [7, 11) is 1.81. The summed E-state index contributed by atoms with van der Waals surface area (Å²) >= 11 is 6.25. The monoisotopic (exact) mass is 281 g/mol. The van der Waals surface area contributed by atoms with Crippen molar-refractivity contribution in [3.63, 3.8) is 0 Å². The van der Waals surface area contributed by atoms with Gasteiger partial charge in [-0.3, -0.25) is 4.79 Å². The highest BCUT2D eigenvalue weighted by Crippen LogP contribution is 2.23. The highest BCUT2D eigenvalue weighted by Gasteiger charge is 2.24. The van der Waals surface area contributed by atoms with Gasteiger partial charge in [-0.2, -0.15) is 0 Å². The Labute approximate surface area is 119 Å². The number of benzene rings is 1. The van der Waals surface area contributed by atoms with Crippen LogP contribution in [0, 0.1) is 5.92 Å². The normalized spacial score (nSPS) is 20.8. The molecule has 1 aromatic rings. The third-order valence-corrected chi connectivity index (χ3v) is 3.91. The first-order valence-electron chi connectivity index (χ1n) is 6.70. The zero-order valence-corrected chi connectivity index (χ0v) is 12.0. The summed E-state index contributed by atoms with van der Waals surface area (Å²) in [6.07, 6.45) is 2.20. The highest BCUT2D eigenvalue weighted by atomic mass is 35.5. The van der Waals surface area contributed by atoms with Crippen LogP contribution in [-0.4, -0.2) is 37.6 Å². The molecule has 0 saturated carbocycles. The summed E-state index contributed by atoms with van der Waals surface area (Å²) in [6.45, 7) is 2.31. The Morgan fingerprint density at radius 3 is 2.84 bits per heavy atom. The lowest BCUT2D eigenvalue weighted by Gasteiger charge is -2.28. The number of carbonyl (C=O) groups is 1. The molecule has 0 N–H and O–H groups in total. The van der Waals surface area contributed by atoms with Gasteiger partial charge in [0.15, 0.2) is 0 Å². The summed E-state index contributed by atoms with van der Waals surface area (Å²) in [4.78, 5) is 14.0. The topological polar surface area (TPSA) is 29.5 Å². The Morgan fingerprint density at radius 1 is 1.47 bits per heavy atom. The van der Waals surface area contributed by atoms with Gasteiger partial charge < -0.3 is 9.64 Å². The molecule has 2 atom stereocenters. The predicted octanol–water partition coefficient (Wildman–Crippen LogP) is 2.85. The van der Waals surface area contributed by atoms with E-state index in [1.807, 2.05) is 37.4 Å². The molecule has 2 unspecified atom stereocenters. The van der Waals surface area contributed by atoms with Gasteiger partial charge in [0.2, 0.25) is 5.91 Å². The minimum atomic E-state index is -0.601. The van der Waals surface area contributed by atoms with E-state index in [4.69, 9.17) is 16.3 Å². The van der Waals surface area contributed by atoms with Crippen molar-refractivity contribution in [2.24, 2.45) is 5.92 Å². The molecular weight excluding hydrogens is 262 g/mol. The molecule has 0 radical (unpaired) electrons. The Hall–Kier alpha value is -1.06. The molecule has 0 aromatic heterocycles. The van der Waals surface area contributed by atoms with E-state index in [0.717, 1.165) is 38.2 Å². The Bertz CT molecular complexity index is 404. The molecule has 104 valence electrons. The van der Waals surface area contributed by atoms with Gasteiger partial charge in [-0.1, -0.05) is 30.3 Å². The van der Waals surface area contributed by atoms with Crippen molar-refractivity contribution in [2.75, 3.05) is 26.8 Å². The maximum Gasteiger partial charge on any atom is 0.244 e. The van der Waals surface area contributed by atoms with Gasteiger partial charge in [0, 0.05) is 20.2 Å². The maximum absolute atomic E-state index is 12.3. The number of hydrogen-bond donors (Lipinski definition) is 0. The second kappa shape index (κ2) is 6.92. The lowest BCUT2D eigenvalue weighted by molar-refractivity contribution is -0.130. The van der Waals surface area contributed by atoms with Gasteiger partial charge in [0.25, 0.3) is 0 Å². The van der Waals surface area contributed by atoms with Crippen molar-refractivity contribution in [2.45, 2.75) is 18.2 Å². The smallest absolute Gasteiger partial charge is 0.244 e. The standard InChI is InChI=1S/C15H20ClNO2/c1-17(10-12-6-5-9-19-11-12)15(18)14(16)13-7-3-2-4-8-13/h2-4,7-8,12,14H,5-6,9-11H2,1H3. The van der Waals surface area contributed by atoms with Gasteiger partial charge >= 0.3 is 0 Å². The van der Waals surface area contributed by atoms with Crippen molar-refractivity contribution in [3.8, 4) is 0 Å². The van der Waals surface area contributed by atoms with Crippen LogP contribution in [0.15, 0.2) is 30.3 Å². The molecule has 1 aliphatic heterocycles. The first kappa shape index (κ1) is 14.4. The third kappa shape index (κ3) is 3.95. The third-order valence-electron chi connectivity index (χ3n) is 3.47. The molecule has 1 aliphatic rings. The zero-order chi connectivity index (χ0) is 13.7. The van der Waals surface area contributed by atoms with Gasteiger partial charge in [-0.15, -0.1) is 11.6 Å². The lowest BCUT2D eigenvalue weighted by atomic mass is 10.0. The molecule has 2 rings (SSSR count). The van der Waals surface area contributed by atoms with Crippen LogP contribution in [-0.2, 0) is 9.53 Å². The van der Waals surface area contributed by atoms with E-state index in [0.29, 0.717) is 5.92 Å². The summed E-state index contributed by atoms with van der Waals surface area (Å²) in [5.41, 5.74) is 0.848. The number of carbonyl (C=O) groups excluding carboxylic acids is 1. The molecule has 3 nitrogen and oxygen atoms in total. The van der Waals surface area contributed by atoms with E-state index < -0.39 is 5.38 Å². The minimum absolute atomic E-state index is 0.0431. The van der Waals surface area contributed by atoms with E-state index in [9.17, 15) is 4.79 Å². The second-order valence-electron chi connectivity index (χ2n) is 5.08. The van der Waals surface area contributed by atoms with Crippen LogP contribution < -0.4 is 0 Å². The fraction of sp³-hybridized carbons (Fsp3) is 0.533. The Morgan fingerprint density at radius 2 is 2.21 bits per heavy atom. The van der Waals surface area contributed by atoms with Crippen LogP contribution in [0.4, 0.5) is 0 Å². The van der Waals surface area contributed by atoms with Crippen molar-refractivity contribution in [1.82, 2.24) is 4.90 Å². The minimum Gasteiger partial charge on any atom is -0.381 e. The number of likely N-dealkylation sites (N-methyl/N-ethyl adjacent to an activating group) is 1. The molecule has 19 heavy (non-hydrogen) atoms. The number of amides is 1. The molecule has 1 heterocycles. The van der Waals surface area contributed by atoms with Crippen molar-refractivity contribution >= 4 is 17.5 Å². The van der Waals surface area contributed by atoms with E-state index in [2.05, 4.69) is 0 Å². The maximum atomic E-state index is 12.3. The SMILES string of the molecule is CN(CC1CCCOC1)C(=O)C(Cl)c1ccccc1. The van der Waals surface area contributed by atoms with Crippen LogP contribution in [0.3, 0.4) is 0 Å². The van der Waals surface area contributed by atoms with Gasteiger partial charge in [-0.05, 0) is 24.3 Å². The molecule has 1 amide bonds. The van der Waals surface area contributed by atoms with Crippen molar-refractivity contribution < 1.29 is 9.53 Å². The summed E-state index contributed by atoms with van der Waals surface area (Å²) < 4.78 is 5.44. The lowest BCUT2D eigenvalue weighted by Crippen LogP contribution is -2.36. The van der Waals surface area contributed by atoms with E-state index in [1.54, 1.807) is 4.90 Å². The van der Waals surface area contributed by atoms with Crippen LogP contribution >= 0.6 is 11.6 Å². The number of hydrogen-bond acceptors (Lipinski definition) is 2. The summed E-state index contributed by atoms with van der Waals surface area (Å²) in [6, 6.07) is 9.47. The quantitative estimate of drug-likeness (QED) is 0.794. The molecule has 0 spiro atoms. The fourth-order valence-corrected chi connectivity index (χ4v) is 2.70. The number of alkyl halides is 1. The zero-order valence-electron chi connectivity index (χ0n) is 11.2. The molecule has 0 bridgehead atoms. The molecule has 1 fully saturated rings. The number of ether oxygens (including phenoxy) is 1. The van der Waals surface area contributed by atoms with Crippen molar-refractivity contribution in [3.05, 3.63) is 35.9 Å². The molecule has 4 heteroatoms. The van der Waals surface area contributed by atoms with Gasteiger partial charge in [0.05, 0.1) is 6.61 Å². The average Bonchev–Trinajstić information content (AvgIpc) is 2.47. The number of halogens is 1. The van der Waals surface area contributed by atoms with Crippen LogP contribution in [0.2, 0.25) is 0 Å². The molecular formula is C15H20ClNO2. The van der Waals surface area contributed by atoms with E-state index in [-0.39, 0.29) is 5.91 Å². The molecule has 1 aromatic carbocycles. The fourth-order valence-electron chi connectivity index (χ4n) is 2.39. The first-order chi connectivity index (χ1) is 9.18. The highest BCUT2D eigenvalue weighted by molar-refractivity contribution is 6.30. The van der Waals surface area contributed by atoms with E-state index in [1.165, 1.54) is 0 Å². The van der Waals surface area contributed by atoms with Gasteiger partial charge in [-0.25, -0.2) is 0 Å². The van der Waals surface area contributed by atoms with Crippen molar-refractivity contribution in [1.29, 1.82) is 0 Å². The molecule has 0 aliphatic carbocycles. The second-order valence-corrected chi connectivity index (χ2v) is 5.51. The summed E-state index contributed by atoms with van der Waals surface area (Å²) in [5, 5.41) is -0.601. The molecule has 1 saturated heterocycles. The predicted molar refractivity (Wildman–Crippen MR) is 76.2 cm³/mol. The van der Waals surface area contributed by atoms with Crippen LogP contribution in [0.5, 0.6) is 0 Å². The van der Waals surface area contributed by atoms with E-state index >= 15 is 0 Å². The summed E-state index contributed by atoms with van der Waals surface area (Å²) in [5.74, 6) is 0.390. The van der Waals surface area contributed by atoms with Gasteiger partial charge in [0.1, 0.15) is 5.38 Å². The van der Waals surface area contributed by atoms with Crippen LogP contribution in [0.1, 0.15) is 23.8 Å². The Kier molecular flexibility index (Phi) is 5.23. The first-order valence-corrected chi connectivity index (χ1v) is 7.14. The number of nitrogens with zero attached hydrogens (tertiary/aromatic N) is 1. The number of rotatable bonds is 4. The largest absolute Gasteiger partial charge is 0.381 e.